The van der Waals surface area contributed by atoms with E-state index in [4.69, 9.17) is 0 Å². The quantitative estimate of drug-likeness (QED) is 0.785. The molecule has 1 heterocycles. The van der Waals surface area contributed by atoms with Crippen molar-refractivity contribution in [3.63, 3.8) is 0 Å². The van der Waals surface area contributed by atoms with Crippen molar-refractivity contribution in [3.8, 4) is 6.07 Å². The highest BCUT2D eigenvalue weighted by atomic mass is 79.9. The Hall–Kier alpha value is -0.570. The normalized spacial score (nSPS) is 25.6. The van der Waals surface area contributed by atoms with Crippen LogP contribution in [0, 0.1) is 17.2 Å². The Morgan fingerprint density at radius 1 is 1.65 bits per heavy atom. The summed E-state index contributed by atoms with van der Waals surface area (Å²) < 4.78 is 1.05. The third kappa shape index (κ3) is 3.55. The van der Waals surface area contributed by atoms with Gasteiger partial charge in [-0.15, -0.1) is 11.8 Å². The van der Waals surface area contributed by atoms with Crippen molar-refractivity contribution in [3.05, 3.63) is 22.8 Å². The summed E-state index contributed by atoms with van der Waals surface area (Å²) in [5.41, 5.74) is -0.295. The first kappa shape index (κ1) is 15.8. The molecule has 108 valence electrons. The van der Waals surface area contributed by atoms with Crippen LogP contribution in [-0.4, -0.2) is 22.8 Å². The van der Waals surface area contributed by atoms with Crippen LogP contribution < -0.4 is 5.32 Å². The van der Waals surface area contributed by atoms with Crippen LogP contribution in [0.4, 0.5) is 0 Å². The van der Waals surface area contributed by atoms with E-state index >= 15 is 0 Å². The molecule has 1 aliphatic rings. The molecule has 3 nitrogen and oxygen atoms in total. The molecule has 1 aromatic heterocycles. The molecule has 2 unspecified atom stereocenters. The van der Waals surface area contributed by atoms with Gasteiger partial charge in [0.1, 0.15) is 10.6 Å². The highest BCUT2D eigenvalue weighted by Gasteiger charge is 2.42. The van der Waals surface area contributed by atoms with Gasteiger partial charge in [-0.1, -0.05) is 13.3 Å². The van der Waals surface area contributed by atoms with E-state index in [0.717, 1.165) is 47.5 Å². The minimum absolute atomic E-state index is 0.295. The second kappa shape index (κ2) is 7.44. The minimum atomic E-state index is -0.295. The van der Waals surface area contributed by atoms with E-state index in [0.29, 0.717) is 5.92 Å². The Morgan fingerprint density at radius 2 is 2.50 bits per heavy atom. The van der Waals surface area contributed by atoms with Crippen LogP contribution >= 0.6 is 27.7 Å². The summed E-state index contributed by atoms with van der Waals surface area (Å²) >= 11 is 5.29. The van der Waals surface area contributed by atoms with E-state index in [1.165, 1.54) is 0 Å². The largest absolute Gasteiger partial charge is 0.299 e. The number of nitriles is 1. The molecule has 0 radical (unpaired) electrons. The Labute approximate surface area is 133 Å². The fourth-order valence-electron chi connectivity index (χ4n) is 2.98. The summed E-state index contributed by atoms with van der Waals surface area (Å²) in [4.78, 5) is 4.37. The Bertz CT molecular complexity index is 488. The number of thioether (sulfide) groups is 1. The first-order valence-electron chi connectivity index (χ1n) is 7.11. The van der Waals surface area contributed by atoms with E-state index in [1.54, 1.807) is 11.8 Å². The van der Waals surface area contributed by atoms with Gasteiger partial charge >= 0.3 is 0 Å². The Kier molecular flexibility index (Phi) is 5.88. The number of hydrogen-bond donors (Lipinski definition) is 1. The maximum Gasteiger partial charge on any atom is 0.110 e. The molecule has 2 rings (SSSR count). The van der Waals surface area contributed by atoms with Crippen LogP contribution in [0.3, 0.4) is 0 Å². The van der Waals surface area contributed by atoms with Gasteiger partial charge in [-0.2, -0.15) is 5.26 Å². The summed E-state index contributed by atoms with van der Waals surface area (Å²) in [6.45, 7) is 2.94. The Morgan fingerprint density at radius 3 is 3.20 bits per heavy atom. The van der Waals surface area contributed by atoms with Gasteiger partial charge in [0.15, 0.2) is 0 Å². The summed E-state index contributed by atoms with van der Waals surface area (Å²) in [5.74, 6) is 1.47. The fraction of sp³-hybridized carbons (Fsp3) is 0.600. The molecule has 5 heteroatoms. The molecule has 0 saturated heterocycles. The van der Waals surface area contributed by atoms with Crippen molar-refractivity contribution in [2.24, 2.45) is 5.92 Å². The van der Waals surface area contributed by atoms with Crippen molar-refractivity contribution in [2.45, 2.75) is 43.2 Å². The van der Waals surface area contributed by atoms with Gasteiger partial charge in [-0.3, -0.25) is 5.32 Å². The minimum Gasteiger partial charge on any atom is -0.299 e. The second-order valence-electron chi connectivity index (χ2n) is 5.13. The molecule has 0 aliphatic heterocycles. The van der Waals surface area contributed by atoms with Gasteiger partial charge in [-0.25, -0.2) is 4.98 Å². The molecule has 20 heavy (non-hydrogen) atoms. The van der Waals surface area contributed by atoms with E-state index in [2.05, 4.69) is 39.2 Å². The van der Waals surface area contributed by atoms with Gasteiger partial charge < -0.3 is 0 Å². The van der Waals surface area contributed by atoms with Crippen molar-refractivity contribution in [2.75, 3.05) is 12.3 Å². The third-order valence-corrected chi connectivity index (χ3v) is 5.88. The third-order valence-electron chi connectivity index (χ3n) is 3.94. The first-order chi connectivity index (χ1) is 9.72. The molecular weight excluding hydrogens is 334 g/mol. The van der Waals surface area contributed by atoms with Crippen molar-refractivity contribution >= 4 is 27.7 Å². The summed E-state index contributed by atoms with van der Waals surface area (Å²) in [6.07, 6.45) is 6.18. The van der Waals surface area contributed by atoms with Crippen molar-refractivity contribution in [1.29, 1.82) is 5.26 Å². The molecule has 1 fully saturated rings. The lowest BCUT2D eigenvalue weighted by molar-refractivity contribution is 0.317. The lowest BCUT2D eigenvalue weighted by Crippen LogP contribution is -2.47. The average molecular weight is 354 g/mol. The SMILES string of the molecule is CCNC1(C#N)CCCC1CCSc1ncccc1Br. The van der Waals surface area contributed by atoms with E-state index in [1.807, 2.05) is 18.3 Å². The number of nitrogens with one attached hydrogen (secondary N) is 1. The van der Waals surface area contributed by atoms with Crippen LogP contribution in [0.25, 0.3) is 0 Å². The van der Waals surface area contributed by atoms with Crippen LogP contribution in [0.2, 0.25) is 0 Å². The standard InChI is InChI=1S/C15H20BrN3S/c1-2-19-15(11-17)8-3-5-12(15)7-10-20-14-13(16)6-4-9-18-14/h4,6,9,12,19H,2-3,5,7-8,10H2,1H3. The number of rotatable bonds is 6. The van der Waals surface area contributed by atoms with E-state index < -0.39 is 0 Å². The number of hydrogen-bond acceptors (Lipinski definition) is 4. The molecule has 0 spiro atoms. The Balaban J connectivity index is 1.90. The van der Waals surface area contributed by atoms with Gasteiger partial charge in [0.05, 0.1) is 6.07 Å². The predicted molar refractivity (Wildman–Crippen MR) is 86.6 cm³/mol. The van der Waals surface area contributed by atoms with Crippen LogP contribution in [0.5, 0.6) is 0 Å². The van der Waals surface area contributed by atoms with Crippen LogP contribution in [-0.2, 0) is 0 Å². The molecule has 2 atom stereocenters. The van der Waals surface area contributed by atoms with Gasteiger partial charge in [0.25, 0.3) is 0 Å². The van der Waals surface area contributed by atoms with Gasteiger partial charge in [0.2, 0.25) is 0 Å². The molecular formula is C15H20BrN3S. The molecule has 0 aromatic carbocycles. The smallest absolute Gasteiger partial charge is 0.110 e. The zero-order valence-corrected chi connectivity index (χ0v) is 14.1. The van der Waals surface area contributed by atoms with Gasteiger partial charge in [0, 0.05) is 10.7 Å². The molecule has 1 aromatic rings. The molecule has 1 N–H and O–H groups in total. The van der Waals surface area contributed by atoms with E-state index in [9.17, 15) is 5.26 Å². The summed E-state index contributed by atoms with van der Waals surface area (Å²) in [7, 11) is 0. The highest BCUT2D eigenvalue weighted by Crippen LogP contribution is 2.39. The van der Waals surface area contributed by atoms with Crippen molar-refractivity contribution < 1.29 is 0 Å². The number of nitrogens with zero attached hydrogens (tertiary/aromatic N) is 2. The van der Waals surface area contributed by atoms with E-state index in [-0.39, 0.29) is 5.54 Å². The summed E-state index contributed by atoms with van der Waals surface area (Å²) in [5, 5.41) is 14.0. The number of halogens is 1. The molecule has 0 bridgehead atoms. The van der Waals surface area contributed by atoms with Gasteiger partial charge in [-0.05, 0) is 65.5 Å². The number of pyridine rings is 1. The highest BCUT2D eigenvalue weighted by molar-refractivity contribution is 9.10. The molecule has 1 aliphatic carbocycles. The first-order valence-corrected chi connectivity index (χ1v) is 8.89. The maximum atomic E-state index is 9.54. The lowest BCUT2D eigenvalue weighted by Gasteiger charge is -2.29. The van der Waals surface area contributed by atoms with Crippen LogP contribution in [0.1, 0.15) is 32.6 Å². The van der Waals surface area contributed by atoms with Crippen LogP contribution in [0.15, 0.2) is 27.8 Å². The van der Waals surface area contributed by atoms with Crippen molar-refractivity contribution in [1.82, 2.24) is 10.3 Å². The zero-order valence-electron chi connectivity index (χ0n) is 11.7. The number of aromatic nitrogens is 1. The monoisotopic (exact) mass is 353 g/mol. The molecule has 1 saturated carbocycles. The molecule has 0 amide bonds. The maximum absolute atomic E-state index is 9.54. The summed E-state index contributed by atoms with van der Waals surface area (Å²) in [6, 6.07) is 6.49. The second-order valence-corrected chi connectivity index (χ2v) is 7.07. The topological polar surface area (TPSA) is 48.7 Å². The average Bonchev–Trinajstić information content (AvgIpc) is 2.85. The predicted octanol–water partition coefficient (Wildman–Crippen LogP) is 4.00. The fourth-order valence-corrected chi connectivity index (χ4v) is 4.51. The lowest BCUT2D eigenvalue weighted by atomic mass is 9.86. The zero-order chi connectivity index (χ0) is 14.4.